The number of piperidine rings is 1. The van der Waals surface area contributed by atoms with Crippen molar-refractivity contribution in [3.63, 3.8) is 0 Å². The van der Waals surface area contributed by atoms with Crippen LogP contribution in [0.15, 0.2) is 0 Å². The van der Waals surface area contributed by atoms with Crippen LogP contribution in [0.4, 0.5) is 0 Å². The zero-order valence-corrected chi connectivity index (χ0v) is 13.4. The molecule has 0 aromatic heterocycles. The van der Waals surface area contributed by atoms with Crippen molar-refractivity contribution in [3.8, 4) is 0 Å². The predicted molar refractivity (Wildman–Crippen MR) is 85.6 cm³/mol. The Bertz CT molecular complexity index is 307. The molecule has 2 N–H and O–H groups in total. The third kappa shape index (κ3) is 3.22. The Balaban J connectivity index is 1.56. The second-order valence-electron chi connectivity index (χ2n) is 8.22. The number of hydrogen-bond donors (Lipinski definition) is 1. The summed E-state index contributed by atoms with van der Waals surface area (Å²) >= 11 is 0. The largest absolute Gasteiger partial charge is 0.330 e. The van der Waals surface area contributed by atoms with E-state index in [1.807, 2.05) is 0 Å². The number of nitrogens with two attached hydrogens (primary N) is 1. The standard InChI is InChI=1S/C18H34N2/c1-15-6-9-18(13-19,10-7-15)14-20-11-8-16-4-2-3-5-17(16)12-20/h15-17H,2-14,19H2,1H3. The topological polar surface area (TPSA) is 29.3 Å². The Labute approximate surface area is 125 Å². The summed E-state index contributed by atoms with van der Waals surface area (Å²) in [5.41, 5.74) is 6.66. The van der Waals surface area contributed by atoms with Crippen LogP contribution in [0.3, 0.4) is 0 Å². The minimum Gasteiger partial charge on any atom is -0.330 e. The average Bonchev–Trinajstić information content (AvgIpc) is 2.50. The van der Waals surface area contributed by atoms with E-state index in [4.69, 9.17) is 5.73 Å². The summed E-state index contributed by atoms with van der Waals surface area (Å²) in [4.78, 5) is 2.79. The number of likely N-dealkylation sites (tertiary alicyclic amines) is 1. The van der Waals surface area contributed by atoms with Gasteiger partial charge in [-0.1, -0.05) is 39.0 Å². The zero-order valence-electron chi connectivity index (χ0n) is 13.4. The minimum atomic E-state index is 0.452. The van der Waals surface area contributed by atoms with Crippen molar-refractivity contribution in [2.45, 2.75) is 64.7 Å². The van der Waals surface area contributed by atoms with Crippen LogP contribution in [-0.4, -0.2) is 31.1 Å². The molecule has 3 aliphatic rings. The summed E-state index contributed by atoms with van der Waals surface area (Å²) in [7, 11) is 0. The van der Waals surface area contributed by atoms with Gasteiger partial charge in [0.15, 0.2) is 0 Å². The van der Waals surface area contributed by atoms with Crippen LogP contribution in [0.2, 0.25) is 0 Å². The van der Waals surface area contributed by atoms with Crippen LogP contribution in [0.25, 0.3) is 0 Å². The van der Waals surface area contributed by atoms with Gasteiger partial charge in [-0.2, -0.15) is 0 Å². The van der Waals surface area contributed by atoms with Crippen LogP contribution in [-0.2, 0) is 0 Å². The van der Waals surface area contributed by atoms with E-state index in [0.29, 0.717) is 5.41 Å². The molecule has 0 radical (unpaired) electrons. The van der Waals surface area contributed by atoms with Gasteiger partial charge in [-0.25, -0.2) is 0 Å². The van der Waals surface area contributed by atoms with E-state index in [2.05, 4.69) is 11.8 Å². The van der Waals surface area contributed by atoms with Crippen LogP contribution >= 0.6 is 0 Å². The Hall–Kier alpha value is -0.0800. The van der Waals surface area contributed by atoms with Gasteiger partial charge in [0.1, 0.15) is 0 Å². The molecule has 20 heavy (non-hydrogen) atoms. The van der Waals surface area contributed by atoms with E-state index in [1.54, 1.807) is 0 Å². The lowest BCUT2D eigenvalue weighted by Gasteiger charge is -2.47. The second-order valence-corrected chi connectivity index (χ2v) is 8.22. The van der Waals surface area contributed by atoms with E-state index in [0.717, 1.165) is 24.3 Å². The van der Waals surface area contributed by atoms with Crippen molar-refractivity contribution in [2.75, 3.05) is 26.2 Å². The molecular formula is C18H34N2. The lowest BCUT2D eigenvalue weighted by atomic mass is 9.69. The summed E-state index contributed by atoms with van der Waals surface area (Å²) in [5, 5.41) is 0. The van der Waals surface area contributed by atoms with Gasteiger partial charge >= 0.3 is 0 Å². The molecule has 2 aliphatic carbocycles. The fourth-order valence-corrected chi connectivity index (χ4v) is 5.10. The highest BCUT2D eigenvalue weighted by Gasteiger charge is 2.37. The first-order valence-electron chi connectivity index (χ1n) is 9.13. The zero-order chi connectivity index (χ0) is 14.0. The maximum atomic E-state index is 6.21. The fraction of sp³-hybridized carbons (Fsp3) is 1.00. The van der Waals surface area contributed by atoms with Crippen molar-refractivity contribution in [2.24, 2.45) is 28.9 Å². The fourth-order valence-electron chi connectivity index (χ4n) is 5.10. The highest BCUT2D eigenvalue weighted by molar-refractivity contribution is 4.91. The molecule has 2 saturated carbocycles. The molecule has 1 saturated heterocycles. The summed E-state index contributed by atoms with van der Waals surface area (Å²) in [6, 6.07) is 0. The SMILES string of the molecule is CC1CCC(CN)(CN2CCC3CCCCC3C2)CC1. The van der Waals surface area contributed by atoms with Crippen LogP contribution in [0, 0.1) is 23.2 Å². The lowest BCUT2D eigenvalue weighted by Crippen LogP contribution is -2.49. The van der Waals surface area contributed by atoms with Gasteiger partial charge in [0, 0.05) is 13.1 Å². The molecule has 3 fully saturated rings. The van der Waals surface area contributed by atoms with E-state index in [1.165, 1.54) is 77.4 Å². The normalized spacial score (nSPS) is 43.2. The first kappa shape index (κ1) is 14.8. The van der Waals surface area contributed by atoms with Gasteiger partial charge in [0.2, 0.25) is 0 Å². The molecule has 1 heterocycles. The molecule has 3 rings (SSSR count). The third-order valence-corrected chi connectivity index (χ3v) is 6.70. The van der Waals surface area contributed by atoms with Crippen LogP contribution in [0.5, 0.6) is 0 Å². The maximum Gasteiger partial charge on any atom is 0.00502 e. The molecule has 2 nitrogen and oxygen atoms in total. The molecule has 0 spiro atoms. The summed E-state index contributed by atoms with van der Waals surface area (Å²) in [6.45, 7) is 7.33. The molecule has 0 bridgehead atoms. The third-order valence-electron chi connectivity index (χ3n) is 6.70. The van der Waals surface area contributed by atoms with Crippen molar-refractivity contribution in [1.29, 1.82) is 0 Å². The van der Waals surface area contributed by atoms with Gasteiger partial charge in [-0.05, 0) is 61.9 Å². The van der Waals surface area contributed by atoms with Crippen molar-refractivity contribution >= 4 is 0 Å². The van der Waals surface area contributed by atoms with Crippen molar-refractivity contribution in [1.82, 2.24) is 4.90 Å². The predicted octanol–water partition coefficient (Wildman–Crippen LogP) is 3.65. The quantitative estimate of drug-likeness (QED) is 0.854. The van der Waals surface area contributed by atoms with Gasteiger partial charge < -0.3 is 10.6 Å². The van der Waals surface area contributed by atoms with E-state index < -0.39 is 0 Å². The molecule has 0 amide bonds. The Kier molecular flexibility index (Phi) is 4.72. The Morgan fingerprint density at radius 1 is 1.00 bits per heavy atom. The highest BCUT2D eigenvalue weighted by atomic mass is 15.1. The molecule has 2 atom stereocenters. The highest BCUT2D eigenvalue weighted by Crippen LogP contribution is 2.41. The summed E-state index contributed by atoms with van der Waals surface area (Å²) in [5.74, 6) is 2.99. The van der Waals surface area contributed by atoms with Crippen molar-refractivity contribution < 1.29 is 0 Å². The Morgan fingerprint density at radius 2 is 1.70 bits per heavy atom. The molecular weight excluding hydrogens is 244 g/mol. The summed E-state index contributed by atoms with van der Waals surface area (Å²) < 4.78 is 0. The number of nitrogens with zero attached hydrogens (tertiary/aromatic N) is 1. The maximum absolute atomic E-state index is 6.21. The van der Waals surface area contributed by atoms with Gasteiger partial charge in [0.25, 0.3) is 0 Å². The smallest absolute Gasteiger partial charge is 0.00502 e. The Morgan fingerprint density at radius 3 is 2.40 bits per heavy atom. The minimum absolute atomic E-state index is 0.452. The molecule has 0 aromatic rings. The van der Waals surface area contributed by atoms with Gasteiger partial charge in [-0.15, -0.1) is 0 Å². The molecule has 2 unspecified atom stereocenters. The van der Waals surface area contributed by atoms with E-state index >= 15 is 0 Å². The van der Waals surface area contributed by atoms with Crippen LogP contribution < -0.4 is 5.73 Å². The second kappa shape index (κ2) is 6.36. The summed E-state index contributed by atoms with van der Waals surface area (Å²) in [6.07, 6.45) is 13.0. The number of hydrogen-bond acceptors (Lipinski definition) is 2. The van der Waals surface area contributed by atoms with Crippen molar-refractivity contribution in [3.05, 3.63) is 0 Å². The van der Waals surface area contributed by atoms with Crippen LogP contribution in [0.1, 0.15) is 64.7 Å². The number of rotatable bonds is 3. The monoisotopic (exact) mass is 278 g/mol. The molecule has 1 aliphatic heterocycles. The van der Waals surface area contributed by atoms with E-state index in [-0.39, 0.29) is 0 Å². The number of fused-ring (bicyclic) bond motifs is 1. The molecule has 116 valence electrons. The first-order valence-corrected chi connectivity index (χ1v) is 9.13. The van der Waals surface area contributed by atoms with Gasteiger partial charge in [0.05, 0.1) is 0 Å². The van der Waals surface area contributed by atoms with Gasteiger partial charge in [-0.3, -0.25) is 0 Å². The lowest BCUT2D eigenvalue weighted by molar-refractivity contribution is 0.0343. The first-order chi connectivity index (χ1) is 9.71. The average molecular weight is 278 g/mol. The molecule has 2 heteroatoms. The van der Waals surface area contributed by atoms with E-state index in [9.17, 15) is 0 Å². The molecule has 0 aromatic carbocycles.